The number of ether oxygens (including phenoxy) is 4. The van der Waals surface area contributed by atoms with Crippen LogP contribution in [0, 0.1) is 0 Å². The molecule has 0 rings (SSSR count). The van der Waals surface area contributed by atoms with Gasteiger partial charge in [0.2, 0.25) is 0 Å². The van der Waals surface area contributed by atoms with Gasteiger partial charge in [-0.25, -0.2) is 0 Å². The maximum atomic E-state index is 9.07. The number of aliphatic hydroxyl groups excluding tert-OH is 2. The van der Waals surface area contributed by atoms with Crippen LogP contribution in [-0.4, -0.2) is 172 Å². The summed E-state index contributed by atoms with van der Waals surface area (Å²) in [7, 11) is 16.0. The summed E-state index contributed by atoms with van der Waals surface area (Å²) in [6, 6.07) is 0. The molecule has 39 heavy (non-hydrogen) atoms. The third-order valence-electron chi connectivity index (χ3n) is 6.78. The Labute approximate surface area is 243 Å². The van der Waals surface area contributed by atoms with E-state index >= 15 is 0 Å². The molecule has 0 aliphatic carbocycles. The number of hydrogen-bond donors (Lipinski definition) is 2. The second kappa shape index (κ2) is 29.1. The first kappa shape index (κ1) is 43.1. The smallest absolute Gasteiger partial charge is 0.102 e. The Kier molecular flexibility index (Phi) is 32.2. The summed E-state index contributed by atoms with van der Waals surface area (Å²) in [6.45, 7) is 16.1. The molecule has 9 heteroatoms. The molecule has 0 heterocycles. The summed E-state index contributed by atoms with van der Waals surface area (Å²) in [4.78, 5) is 0. The van der Waals surface area contributed by atoms with Crippen molar-refractivity contribution < 1.29 is 42.6 Å². The minimum atomic E-state index is 0.264. The topological polar surface area (TPSA) is 77.4 Å². The fourth-order valence-corrected chi connectivity index (χ4v) is 4.22. The molecule has 0 aliphatic heterocycles. The number of aliphatic hydroxyl groups is 2. The van der Waals surface area contributed by atoms with Gasteiger partial charge >= 0.3 is 0 Å². The van der Waals surface area contributed by atoms with E-state index in [1.165, 1.54) is 45.2 Å². The Morgan fingerprint density at radius 3 is 1.38 bits per heavy atom. The third-order valence-corrected chi connectivity index (χ3v) is 6.78. The first-order valence-electron chi connectivity index (χ1n) is 15.2. The first-order chi connectivity index (χ1) is 18.4. The maximum absolute atomic E-state index is 9.07. The number of rotatable bonds is 24. The lowest BCUT2D eigenvalue weighted by Crippen LogP contribution is -2.48. The first-order valence-corrected chi connectivity index (χ1v) is 15.2. The lowest BCUT2D eigenvalue weighted by molar-refractivity contribution is -0.910. The lowest BCUT2D eigenvalue weighted by Gasteiger charge is -2.33. The van der Waals surface area contributed by atoms with E-state index in [-0.39, 0.29) is 6.61 Å². The zero-order valence-electron chi connectivity index (χ0n) is 28.0. The normalized spacial score (nSPS) is 14.5. The average molecular weight is 571 g/mol. The van der Waals surface area contributed by atoms with Crippen molar-refractivity contribution >= 4 is 0 Å². The highest BCUT2D eigenvalue weighted by molar-refractivity contribution is 4.45. The van der Waals surface area contributed by atoms with Crippen molar-refractivity contribution in [2.75, 3.05) is 149 Å². The molecule has 0 radical (unpaired) electrons. The SMILES string of the molecule is CCC[N+](C)(CCO)CCCCCCOC.CCC[N+](C)(CCO)CCOC.COCCOCC[N+](C)(C)C. The lowest BCUT2D eigenvalue weighted by atomic mass is 10.1. The van der Waals surface area contributed by atoms with Gasteiger partial charge in [-0.05, 0) is 32.1 Å². The van der Waals surface area contributed by atoms with Crippen molar-refractivity contribution in [2.24, 2.45) is 0 Å². The van der Waals surface area contributed by atoms with E-state index in [4.69, 9.17) is 29.2 Å². The molecule has 0 amide bonds. The van der Waals surface area contributed by atoms with Gasteiger partial charge in [0.05, 0.1) is 94.5 Å². The molecule has 2 atom stereocenters. The Morgan fingerprint density at radius 2 is 0.949 bits per heavy atom. The molecule has 0 aromatic heterocycles. The van der Waals surface area contributed by atoms with Gasteiger partial charge in [0.25, 0.3) is 0 Å². The molecule has 0 spiro atoms. The van der Waals surface area contributed by atoms with Crippen molar-refractivity contribution in [3.8, 4) is 0 Å². The number of likely N-dealkylation sites (N-methyl/N-ethyl adjacent to an activating group) is 3. The zero-order valence-corrected chi connectivity index (χ0v) is 28.0. The van der Waals surface area contributed by atoms with Crippen LogP contribution in [0.1, 0.15) is 52.4 Å². The van der Waals surface area contributed by atoms with Gasteiger partial charge < -0.3 is 42.6 Å². The van der Waals surface area contributed by atoms with Crippen LogP contribution in [0.5, 0.6) is 0 Å². The molecular weight excluding hydrogens is 498 g/mol. The van der Waals surface area contributed by atoms with E-state index in [2.05, 4.69) is 49.1 Å². The number of nitrogens with zero attached hydrogens (tertiary/aromatic N) is 3. The van der Waals surface area contributed by atoms with Gasteiger partial charge in [-0.15, -0.1) is 0 Å². The van der Waals surface area contributed by atoms with Crippen molar-refractivity contribution in [3.05, 3.63) is 0 Å². The summed E-state index contributed by atoms with van der Waals surface area (Å²) in [5.41, 5.74) is 0. The monoisotopic (exact) mass is 571 g/mol. The van der Waals surface area contributed by atoms with Crippen LogP contribution >= 0.6 is 0 Å². The van der Waals surface area contributed by atoms with E-state index in [9.17, 15) is 0 Å². The van der Waals surface area contributed by atoms with Crippen LogP contribution in [0.4, 0.5) is 0 Å². The number of methoxy groups -OCH3 is 3. The van der Waals surface area contributed by atoms with Crippen molar-refractivity contribution in [3.63, 3.8) is 0 Å². The number of hydrogen-bond acceptors (Lipinski definition) is 6. The zero-order chi connectivity index (χ0) is 30.5. The second-order valence-electron chi connectivity index (χ2n) is 12.0. The van der Waals surface area contributed by atoms with Crippen LogP contribution < -0.4 is 0 Å². The fraction of sp³-hybridized carbons (Fsp3) is 1.00. The summed E-state index contributed by atoms with van der Waals surface area (Å²) < 4.78 is 23.1. The highest BCUT2D eigenvalue weighted by atomic mass is 16.5. The van der Waals surface area contributed by atoms with Crippen molar-refractivity contribution in [1.29, 1.82) is 0 Å². The minimum Gasteiger partial charge on any atom is -0.391 e. The molecule has 9 nitrogen and oxygen atoms in total. The predicted octanol–water partition coefficient (Wildman–Crippen LogP) is 2.88. The van der Waals surface area contributed by atoms with E-state index in [0.29, 0.717) is 19.8 Å². The summed E-state index contributed by atoms with van der Waals surface area (Å²) in [5.74, 6) is 0. The Hall–Kier alpha value is -0.360. The van der Waals surface area contributed by atoms with Crippen LogP contribution in [0.3, 0.4) is 0 Å². The predicted molar refractivity (Wildman–Crippen MR) is 164 cm³/mol. The molecule has 240 valence electrons. The number of unbranched alkanes of at least 4 members (excludes halogenated alkanes) is 3. The molecular formula is C30H72N3O6+3. The highest BCUT2D eigenvalue weighted by Crippen LogP contribution is 2.09. The van der Waals surface area contributed by atoms with Crippen LogP contribution in [0.2, 0.25) is 0 Å². The molecule has 0 saturated heterocycles. The summed E-state index contributed by atoms with van der Waals surface area (Å²) in [6.07, 6.45) is 7.33. The molecule has 0 saturated carbocycles. The highest BCUT2D eigenvalue weighted by Gasteiger charge is 2.19. The minimum absolute atomic E-state index is 0.264. The Morgan fingerprint density at radius 1 is 0.462 bits per heavy atom. The molecule has 0 aromatic rings. The van der Waals surface area contributed by atoms with Crippen molar-refractivity contribution in [2.45, 2.75) is 52.4 Å². The second-order valence-corrected chi connectivity index (χ2v) is 12.0. The summed E-state index contributed by atoms with van der Waals surface area (Å²) >= 11 is 0. The molecule has 0 aromatic carbocycles. The van der Waals surface area contributed by atoms with E-state index < -0.39 is 0 Å². The average Bonchev–Trinajstić information content (AvgIpc) is 2.86. The molecule has 0 aliphatic rings. The van der Waals surface area contributed by atoms with Gasteiger partial charge in [-0.3, -0.25) is 0 Å². The Balaban J connectivity index is -0.000000510. The number of quaternary nitrogens is 3. The van der Waals surface area contributed by atoms with Crippen LogP contribution in [0.15, 0.2) is 0 Å². The fourth-order valence-electron chi connectivity index (χ4n) is 4.22. The van der Waals surface area contributed by atoms with Gasteiger partial charge in [-0.2, -0.15) is 0 Å². The maximum Gasteiger partial charge on any atom is 0.102 e. The van der Waals surface area contributed by atoms with E-state index in [1.54, 1.807) is 21.3 Å². The third kappa shape index (κ3) is 33.7. The summed E-state index contributed by atoms with van der Waals surface area (Å²) in [5, 5.41) is 17.9. The van der Waals surface area contributed by atoms with Crippen molar-refractivity contribution in [1.82, 2.24) is 0 Å². The molecule has 2 N–H and O–H groups in total. The quantitative estimate of drug-likeness (QED) is 0.137. The van der Waals surface area contributed by atoms with Gasteiger partial charge in [0, 0.05) is 27.9 Å². The van der Waals surface area contributed by atoms with Crippen LogP contribution in [-0.2, 0) is 18.9 Å². The molecule has 2 unspecified atom stereocenters. The molecule has 0 fully saturated rings. The van der Waals surface area contributed by atoms with E-state index in [0.717, 1.165) is 72.4 Å². The molecule has 0 bridgehead atoms. The van der Waals surface area contributed by atoms with Gasteiger partial charge in [0.15, 0.2) is 0 Å². The largest absolute Gasteiger partial charge is 0.391 e. The van der Waals surface area contributed by atoms with E-state index in [1.807, 2.05) is 0 Å². The van der Waals surface area contributed by atoms with Gasteiger partial charge in [0.1, 0.15) is 26.2 Å². The Bertz CT molecular complexity index is 466. The van der Waals surface area contributed by atoms with Crippen LogP contribution in [0.25, 0.3) is 0 Å². The standard InChI is InChI=1S/C13H30NO2.C9H22NO2.C8H20NO2/c1-4-9-14(2,11-12-15)10-7-5-6-8-13-16-3;1-4-5-10(2,6-8-11)7-9-12-3;1-9(2,3)5-6-11-8-7-10-4/h15H,4-13H2,1-3H3;11H,4-9H2,1-3H3;5-8H2,1-4H3/q3*+1. The van der Waals surface area contributed by atoms with Gasteiger partial charge in [-0.1, -0.05) is 20.3 Å².